The van der Waals surface area contributed by atoms with Crippen LogP contribution >= 0.6 is 0 Å². The minimum atomic E-state index is -2.92. The Morgan fingerprint density at radius 1 is 1.39 bits per heavy atom. The topological polar surface area (TPSA) is 79.4 Å². The number of rotatable bonds is 4. The summed E-state index contributed by atoms with van der Waals surface area (Å²) in [7, 11) is -2.92. The van der Waals surface area contributed by atoms with Gasteiger partial charge in [-0.1, -0.05) is 20.8 Å². The van der Waals surface area contributed by atoms with Crippen LogP contribution in [0, 0.1) is 5.41 Å². The SMILES string of the molecule is CCN(c1ccc(NC(=O)C(C)(C)C)nc1)C1CCS(=O)(=O)C1. The van der Waals surface area contributed by atoms with E-state index in [0.717, 1.165) is 12.2 Å². The Kier molecular flexibility index (Phi) is 4.98. The molecule has 1 fully saturated rings. The van der Waals surface area contributed by atoms with Gasteiger partial charge < -0.3 is 10.2 Å². The second-order valence-electron chi connectivity index (χ2n) is 6.95. The van der Waals surface area contributed by atoms with Crippen molar-refractivity contribution in [3.05, 3.63) is 18.3 Å². The summed E-state index contributed by atoms with van der Waals surface area (Å²) in [5.74, 6) is 0.862. The molecule has 0 aliphatic carbocycles. The molecule has 1 unspecified atom stereocenters. The number of aromatic nitrogens is 1. The van der Waals surface area contributed by atoms with Crippen LogP contribution < -0.4 is 10.2 Å². The van der Waals surface area contributed by atoms with Crippen molar-refractivity contribution < 1.29 is 13.2 Å². The molecule has 1 aliphatic rings. The van der Waals surface area contributed by atoms with Crippen LogP contribution in [-0.2, 0) is 14.6 Å². The maximum Gasteiger partial charge on any atom is 0.230 e. The summed E-state index contributed by atoms with van der Waals surface area (Å²) >= 11 is 0. The first-order valence-electron chi connectivity index (χ1n) is 7.87. The van der Waals surface area contributed by atoms with Crippen molar-refractivity contribution in [1.82, 2.24) is 4.98 Å². The van der Waals surface area contributed by atoms with Crippen molar-refractivity contribution in [3.63, 3.8) is 0 Å². The quantitative estimate of drug-likeness (QED) is 0.908. The van der Waals surface area contributed by atoms with Crippen LogP contribution in [0.15, 0.2) is 18.3 Å². The lowest BCUT2D eigenvalue weighted by molar-refractivity contribution is -0.123. The highest BCUT2D eigenvalue weighted by atomic mass is 32.2. The van der Waals surface area contributed by atoms with Crippen LogP contribution in [0.25, 0.3) is 0 Å². The van der Waals surface area contributed by atoms with Gasteiger partial charge in [0.05, 0.1) is 23.4 Å². The van der Waals surface area contributed by atoms with Gasteiger partial charge in [-0.3, -0.25) is 4.79 Å². The van der Waals surface area contributed by atoms with Crippen molar-refractivity contribution in [2.45, 2.75) is 40.2 Å². The highest BCUT2D eigenvalue weighted by Crippen LogP contribution is 2.25. The van der Waals surface area contributed by atoms with Gasteiger partial charge in [0.2, 0.25) is 5.91 Å². The van der Waals surface area contributed by atoms with E-state index in [-0.39, 0.29) is 23.5 Å². The number of hydrogen-bond acceptors (Lipinski definition) is 5. The van der Waals surface area contributed by atoms with E-state index in [1.165, 1.54) is 0 Å². The fourth-order valence-corrected chi connectivity index (χ4v) is 4.34. The maximum atomic E-state index is 12.0. The molecular weight excluding hydrogens is 314 g/mol. The molecule has 0 saturated carbocycles. The summed E-state index contributed by atoms with van der Waals surface area (Å²) < 4.78 is 23.3. The number of nitrogens with zero attached hydrogens (tertiary/aromatic N) is 2. The van der Waals surface area contributed by atoms with Crippen molar-refractivity contribution in [2.75, 3.05) is 28.3 Å². The van der Waals surface area contributed by atoms with Crippen LogP contribution in [0.3, 0.4) is 0 Å². The van der Waals surface area contributed by atoms with Gasteiger partial charge in [-0.25, -0.2) is 13.4 Å². The normalized spacial score (nSPS) is 20.3. The van der Waals surface area contributed by atoms with Gasteiger partial charge in [0.15, 0.2) is 9.84 Å². The lowest BCUT2D eigenvalue weighted by atomic mass is 9.96. The van der Waals surface area contributed by atoms with Crippen LogP contribution in [0.2, 0.25) is 0 Å². The first-order chi connectivity index (χ1) is 10.6. The molecule has 1 saturated heterocycles. The third-order valence-electron chi connectivity index (χ3n) is 3.99. The van der Waals surface area contributed by atoms with E-state index in [2.05, 4.69) is 15.2 Å². The van der Waals surface area contributed by atoms with E-state index in [1.807, 2.05) is 33.8 Å². The van der Waals surface area contributed by atoms with E-state index in [4.69, 9.17) is 0 Å². The number of anilines is 2. The van der Waals surface area contributed by atoms with E-state index >= 15 is 0 Å². The van der Waals surface area contributed by atoms with E-state index in [1.54, 1.807) is 12.3 Å². The van der Waals surface area contributed by atoms with Crippen molar-refractivity contribution in [1.29, 1.82) is 0 Å². The zero-order valence-electron chi connectivity index (χ0n) is 14.2. The summed E-state index contributed by atoms with van der Waals surface area (Å²) in [6.07, 6.45) is 2.34. The Labute approximate surface area is 138 Å². The van der Waals surface area contributed by atoms with Gasteiger partial charge >= 0.3 is 0 Å². The molecule has 0 bridgehead atoms. The summed E-state index contributed by atoms with van der Waals surface area (Å²) in [6, 6.07) is 3.63. The summed E-state index contributed by atoms with van der Waals surface area (Å²) in [5, 5.41) is 2.78. The number of amides is 1. The predicted octanol–water partition coefficient (Wildman–Crippen LogP) is 2.08. The molecule has 2 heterocycles. The largest absolute Gasteiger partial charge is 0.367 e. The molecule has 1 aliphatic heterocycles. The third-order valence-corrected chi connectivity index (χ3v) is 5.74. The summed E-state index contributed by atoms with van der Waals surface area (Å²) in [6.45, 7) is 8.25. The lowest BCUT2D eigenvalue weighted by Gasteiger charge is -2.29. The Morgan fingerprint density at radius 2 is 2.09 bits per heavy atom. The Morgan fingerprint density at radius 3 is 2.52 bits per heavy atom. The van der Waals surface area contributed by atoms with Gasteiger partial charge in [-0.15, -0.1) is 0 Å². The van der Waals surface area contributed by atoms with Crippen LogP contribution in [0.5, 0.6) is 0 Å². The first-order valence-corrected chi connectivity index (χ1v) is 9.69. The molecule has 7 heteroatoms. The second kappa shape index (κ2) is 6.47. The molecule has 1 amide bonds. The highest BCUT2D eigenvalue weighted by Gasteiger charge is 2.32. The maximum absolute atomic E-state index is 12.0. The highest BCUT2D eigenvalue weighted by molar-refractivity contribution is 7.91. The van der Waals surface area contributed by atoms with Crippen LogP contribution in [0.1, 0.15) is 34.1 Å². The monoisotopic (exact) mass is 339 g/mol. The number of pyridine rings is 1. The van der Waals surface area contributed by atoms with Gasteiger partial charge in [-0.05, 0) is 25.5 Å². The molecule has 23 heavy (non-hydrogen) atoms. The zero-order chi connectivity index (χ0) is 17.3. The van der Waals surface area contributed by atoms with Gasteiger partial charge in [0.25, 0.3) is 0 Å². The molecule has 0 aromatic carbocycles. The number of hydrogen-bond donors (Lipinski definition) is 1. The Hall–Kier alpha value is -1.63. The van der Waals surface area contributed by atoms with Gasteiger partial charge in [0.1, 0.15) is 5.82 Å². The number of nitrogens with one attached hydrogen (secondary N) is 1. The molecule has 6 nitrogen and oxygen atoms in total. The van der Waals surface area contributed by atoms with Gasteiger partial charge in [-0.2, -0.15) is 0 Å². The van der Waals surface area contributed by atoms with Crippen LogP contribution in [0.4, 0.5) is 11.5 Å². The molecule has 1 aromatic heterocycles. The molecule has 128 valence electrons. The molecule has 1 atom stereocenters. The van der Waals surface area contributed by atoms with E-state index in [9.17, 15) is 13.2 Å². The minimum absolute atomic E-state index is 0.00168. The number of carbonyl (C=O) groups excluding carboxylic acids is 1. The predicted molar refractivity (Wildman–Crippen MR) is 92.4 cm³/mol. The molecule has 1 aromatic rings. The summed E-state index contributed by atoms with van der Waals surface area (Å²) in [5.41, 5.74) is 0.400. The van der Waals surface area contributed by atoms with E-state index < -0.39 is 15.3 Å². The van der Waals surface area contributed by atoms with Gasteiger partial charge in [0, 0.05) is 18.0 Å². The fraction of sp³-hybridized carbons (Fsp3) is 0.625. The smallest absolute Gasteiger partial charge is 0.230 e. The molecule has 1 N–H and O–H groups in total. The summed E-state index contributed by atoms with van der Waals surface area (Å²) in [4.78, 5) is 18.3. The Balaban J connectivity index is 2.10. The molecule has 0 radical (unpaired) electrons. The average Bonchev–Trinajstić information content (AvgIpc) is 2.80. The second-order valence-corrected chi connectivity index (χ2v) is 9.18. The number of carbonyl (C=O) groups is 1. The van der Waals surface area contributed by atoms with Crippen molar-refractivity contribution in [2.24, 2.45) is 5.41 Å². The first kappa shape index (κ1) is 17.7. The van der Waals surface area contributed by atoms with Crippen molar-refractivity contribution in [3.8, 4) is 0 Å². The van der Waals surface area contributed by atoms with E-state index in [0.29, 0.717) is 12.2 Å². The average molecular weight is 339 g/mol. The molecular formula is C16H25N3O3S. The van der Waals surface area contributed by atoms with Crippen molar-refractivity contribution >= 4 is 27.2 Å². The lowest BCUT2D eigenvalue weighted by Crippen LogP contribution is -2.36. The third kappa shape index (κ3) is 4.43. The van der Waals surface area contributed by atoms with Crippen LogP contribution in [-0.4, -0.2) is 43.4 Å². The Bertz CT molecular complexity index is 663. The molecule has 2 rings (SSSR count). The zero-order valence-corrected chi connectivity index (χ0v) is 15.0. The standard InChI is InChI=1S/C16H25N3O3S/c1-5-19(13-8-9-23(21,22)11-13)12-6-7-14(17-10-12)18-15(20)16(2,3)4/h6-7,10,13H,5,8-9,11H2,1-4H3,(H,17,18,20). The fourth-order valence-electron chi connectivity index (χ4n) is 2.61. The molecule has 0 spiro atoms. The number of sulfone groups is 1. The minimum Gasteiger partial charge on any atom is -0.367 e.